The van der Waals surface area contributed by atoms with Crippen LogP contribution < -0.4 is 5.32 Å². The minimum Gasteiger partial charge on any atom is -0.325 e. The van der Waals surface area contributed by atoms with Crippen molar-refractivity contribution in [2.45, 2.75) is 46.1 Å². The van der Waals surface area contributed by atoms with Crippen LogP contribution in [0.15, 0.2) is 36.4 Å². The molecule has 1 atom stereocenters. The van der Waals surface area contributed by atoms with Crippen molar-refractivity contribution in [1.29, 1.82) is 0 Å². The summed E-state index contributed by atoms with van der Waals surface area (Å²) in [6.45, 7) is 8.82. The molecule has 2 aromatic carbocycles. The van der Waals surface area contributed by atoms with Crippen LogP contribution in [0.3, 0.4) is 0 Å². The highest BCUT2D eigenvalue weighted by atomic mass is 35.5. The molecular formula is C23H28Cl2N2O. The normalized spacial score (nSPS) is 17.7. The van der Waals surface area contributed by atoms with Gasteiger partial charge in [0, 0.05) is 28.8 Å². The van der Waals surface area contributed by atoms with Crippen molar-refractivity contribution in [3.8, 4) is 0 Å². The molecule has 3 rings (SSSR count). The number of amides is 1. The largest absolute Gasteiger partial charge is 0.325 e. The van der Waals surface area contributed by atoms with Gasteiger partial charge in [-0.1, -0.05) is 61.3 Å². The number of anilines is 1. The second kappa shape index (κ2) is 9.30. The molecule has 1 saturated heterocycles. The first-order valence-corrected chi connectivity index (χ1v) is 10.7. The van der Waals surface area contributed by atoms with E-state index in [1.807, 2.05) is 12.1 Å². The topological polar surface area (TPSA) is 32.3 Å². The number of likely N-dealkylation sites (tertiary alicyclic amines) is 1. The van der Waals surface area contributed by atoms with Crippen LogP contribution in [-0.2, 0) is 11.3 Å². The molecule has 1 aliphatic heterocycles. The number of para-hydroxylation sites is 1. The Balaban J connectivity index is 1.68. The molecule has 0 radical (unpaired) electrons. The second-order valence-corrected chi connectivity index (χ2v) is 8.84. The summed E-state index contributed by atoms with van der Waals surface area (Å²) in [5.74, 6) is 0.465. The molecule has 3 nitrogen and oxygen atoms in total. The number of nitrogens with zero attached hydrogens (tertiary/aromatic N) is 1. The molecule has 1 fully saturated rings. The summed E-state index contributed by atoms with van der Waals surface area (Å²) in [4.78, 5) is 15.3. The van der Waals surface area contributed by atoms with Crippen molar-refractivity contribution >= 4 is 34.8 Å². The standard InChI is InChI=1S/C23H28Cl2N2O/c1-15(2)20-8-4-6-16(3)22(20)26-23(28)18-7-5-11-27(14-18)13-17-9-10-19(24)12-21(17)25/h4,6,8-10,12,15,18H,5,7,11,13-14H2,1-3H3,(H,26,28). The van der Waals surface area contributed by atoms with Gasteiger partial charge in [-0.15, -0.1) is 0 Å². The van der Waals surface area contributed by atoms with E-state index >= 15 is 0 Å². The summed E-state index contributed by atoms with van der Waals surface area (Å²) in [5.41, 5.74) is 4.32. The molecule has 5 heteroatoms. The van der Waals surface area contributed by atoms with Crippen molar-refractivity contribution < 1.29 is 4.79 Å². The van der Waals surface area contributed by atoms with Crippen LogP contribution in [0.25, 0.3) is 0 Å². The summed E-state index contributed by atoms with van der Waals surface area (Å²) in [6, 6.07) is 11.8. The Bertz CT molecular complexity index is 850. The number of piperidine rings is 1. The fourth-order valence-corrected chi connectivity index (χ4v) is 4.34. The molecule has 1 heterocycles. The first kappa shape index (κ1) is 21.2. The lowest BCUT2D eigenvalue weighted by atomic mass is 9.94. The summed E-state index contributed by atoms with van der Waals surface area (Å²) in [5, 5.41) is 4.55. The predicted molar refractivity (Wildman–Crippen MR) is 118 cm³/mol. The predicted octanol–water partition coefficient (Wildman–Crippen LogP) is 6.28. The molecule has 0 bridgehead atoms. The molecule has 1 aliphatic rings. The molecule has 28 heavy (non-hydrogen) atoms. The Kier molecular flexibility index (Phi) is 7.03. The molecule has 1 N–H and O–H groups in total. The SMILES string of the molecule is Cc1cccc(C(C)C)c1NC(=O)C1CCCN(Cc2ccc(Cl)cc2Cl)C1. The van der Waals surface area contributed by atoms with Gasteiger partial charge in [0.25, 0.3) is 0 Å². The van der Waals surface area contributed by atoms with Crippen molar-refractivity contribution in [1.82, 2.24) is 4.90 Å². The van der Waals surface area contributed by atoms with Gasteiger partial charge >= 0.3 is 0 Å². The van der Waals surface area contributed by atoms with Crippen LogP contribution in [0.2, 0.25) is 10.0 Å². The average Bonchev–Trinajstić information content (AvgIpc) is 2.65. The van der Waals surface area contributed by atoms with E-state index in [2.05, 4.69) is 49.2 Å². The maximum Gasteiger partial charge on any atom is 0.228 e. The van der Waals surface area contributed by atoms with E-state index in [4.69, 9.17) is 23.2 Å². The third-order valence-electron chi connectivity index (χ3n) is 5.46. The minimum atomic E-state index is -0.0144. The average molecular weight is 419 g/mol. The van der Waals surface area contributed by atoms with Crippen LogP contribution in [-0.4, -0.2) is 23.9 Å². The van der Waals surface area contributed by atoms with Crippen LogP contribution in [0.1, 0.15) is 49.3 Å². The van der Waals surface area contributed by atoms with Crippen molar-refractivity contribution in [2.75, 3.05) is 18.4 Å². The number of nitrogens with one attached hydrogen (secondary N) is 1. The van der Waals surface area contributed by atoms with Gasteiger partial charge < -0.3 is 5.32 Å². The molecule has 1 amide bonds. The summed E-state index contributed by atoms with van der Waals surface area (Å²) in [6.07, 6.45) is 1.92. The highest BCUT2D eigenvalue weighted by Gasteiger charge is 2.27. The maximum atomic E-state index is 13.0. The fraction of sp³-hybridized carbons (Fsp3) is 0.435. The summed E-state index contributed by atoms with van der Waals surface area (Å²) in [7, 11) is 0. The van der Waals surface area contributed by atoms with Gasteiger partial charge in [-0.2, -0.15) is 0 Å². The molecule has 150 valence electrons. The maximum absolute atomic E-state index is 13.0. The van der Waals surface area contributed by atoms with Crippen LogP contribution in [0, 0.1) is 12.8 Å². The Morgan fingerprint density at radius 1 is 1.25 bits per heavy atom. The van der Waals surface area contributed by atoms with Gasteiger partial charge in [0.05, 0.1) is 5.92 Å². The van der Waals surface area contributed by atoms with Gasteiger partial charge in [-0.05, 0) is 61.1 Å². The Morgan fingerprint density at radius 3 is 2.75 bits per heavy atom. The lowest BCUT2D eigenvalue weighted by Gasteiger charge is -2.32. The molecule has 0 aliphatic carbocycles. The first-order chi connectivity index (χ1) is 13.3. The Hall–Kier alpha value is -1.55. The monoisotopic (exact) mass is 418 g/mol. The van der Waals surface area contributed by atoms with Crippen LogP contribution in [0.5, 0.6) is 0 Å². The third-order valence-corrected chi connectivity index (χ3v) is 6.05. The van der Waals surface area contributed by atoms with E-state index in [-0.39, 0.29) is 11.8 Å². The van der Waals surface area contributed by atoms with E-state index in [0.29, 0.717) is 16.0 Å². The Labute approximate surface area is 178 Å². The van der Waals surface area contributed by atoms with Gasteiger partial charge in [0.2, 0.25) is 5.91 Å². The first-order valence-electron chi connectivity index (χ1n) is 9.91. The highest BCUT2D eigenvalue weighted by molar-refractivity contribution is 6.35. The number of aryl methyl sites for hydroxylation is 1. The zero-order valence-corrected chi connectivity index (χ0v) is 18.3. The van der Waals surface area contributed by atoms with E-state index < -0.39 is 0 Å². The lowest BCUT2D eigenvalue weighted by molar-refractivity contribution is -0.121. The number of hydrogen-bond donors (Lipinski definition) is 1. The molecular weight excluding hydrogens is 391 g/mol. The summed E-state index contributed by atoms with van der Waals surface area (Å²) >= 11 is 12.3. The zero-order valence-electron chi connectivity index (χ0n) is 16.8. The van der Waals surface area contributed by atoms with Crippen molar-refractivity contribution in [2.24, 2.45) is 5.92 Å². The highest BCUT2D eigenvalue weighted by Crippen LogP contribution is 2.29. The molecule has 2 aromatic rings. The number of hydrogen-bond acceptors (Lipinski definition) is 2. The number of carbonyl (C=O) groups excluding carboxylic acids is 1. The van der Waals surface area contributed by atoms with Gasteiger partial charge in [0.15, 0.2) is 0 Å². The minimum absolute atomic E-state index is 0.0144. The molecule has 0 aromatic heterocycles. The molecule has 0 spiro atoms. The number of benzene rings is 2. The Morgan fingerprint density at radius 2 is 2.04 bits per heavy atom. The van der Waals surface area contributed by atoms with Crippen molar-refractivity contribution in [3.63, 3.8) is 0 Å². The number of rotatable bonds is 5. The van der Waals surface area contributed by atoms with Gasteiger partial charge in [0.1, 0.15) is 0 Å². The smallest absolute Gasteiger partial charge is 0.228 e. The van der Waals surface area contributed by atoms with E-state index in [9.17, 15) is 4.79 Å². The van der Waals surface area contributed by atoms with E-state index in [0.717, 1.165) is 49.3 Å². The lowest BCUT2D eigenvalue weighted by Crippen LogP contribution is -2.40. The fourth-order valence-electron chi connectivity index (χ4n) is 3.87. The summed E-state index contributed by atoms with van der Waals surface area (Å²) < 4.78 is 0. The van der Waals surface area contributed by atoms with Crippen LogP contribution in [0.4, 0.5) is 5.69 Å². The molecule has 1 unspecified atom stereocenters. The van der Waals surface area contributed by atoms with Crippen LogP contribution >= 0.6 is 23.2 Å². The number of carbonyl (C=O) groups is 1. The molecule has 0 saturated carbocycles. The quantitative estimate of drug-likeness (QED) is 0.619. The van der Waals surface area contributed by atoms with Gasteiger partial charge in [-0.3, -0.25) is 9.69 Å². The van der Waals surface area contributed by atoms with E-state index in [1.54, 1.807) is 6.07 Å². The van der Waals surface area contributed by atoms with Crippen molar-refractivity contribution in [3.05, 3.63) is 63.1 Å². The second-order valence-electron chi connectivity index (χ2n) is 7.99. The number of halogens is 2. The zero-order chi connectivity index (χ0) is 20.3. The van der Waals surface area contributed by atoms with Gasteiger partial charge in [-0.25, -0.2) is 0 Å². The third kappa shape index (κ3) is 5.08. The van der Waals surface area contributed by atoms with E-state index in [1.165, 1.54) is 5.56 Å².